The van der Waals surface area contributed by atoms with Gasteiger partial charge in [0.2, 0.25) is 5.88 Å². The molecule has 0 unspecified atom stereocenters. The average molecular weight is 535 g/mol. The molecule has 2 aromatic rings. The minimum Gasteiger partial charge on any atom is -0.478 e. The Morgan fingerprint density at radius 3 is 2.58 bits per heavy atom. The summed E-state index contributed by atoms with van der Waals surface area (Å²) in [6.45, 7) is 6.24. The van der Waals surface area contributed by atoms with Crippen molar-refractivity contribution in [1.82, 2.24) is 15.2 Å². The van der Waals surface area contributed by atoms with Gasteiger partial charge in [0.05, 0.1) is 43.0 Å². The number of hydrogen-bond acceptors (Lipinski definition) is 8. The summed E-state index contributed by atoms with van der Waals surface area (Å²) in [4.78, 5) is 19.2. The number of aryl methyl sites for hydroxylation is 1. The number of nitrogens with zero attached hydrogens (tertiary/aromatic N) is 2. The maximum atomic E-state index is 13.6. The zero-order chi connectivity index (χ0) is 27.9. The first-order chi connectivity index (χ1) is 18.0. The van der Waals surface area contributed by atoms with Crippen molar-refractivity contribution in [2.75, 3.05) is 45.3 Å². The van der Waals surface area contributed by atoms with Crippen LogP contribution in [-0.2, 0) is 22.2 Å². The van der Waals surface area contributed by atoms with Crippen LogP contribution in [0.15, 0.2) is 48.1 Å². The van der Waals surface area contributed by atoms with Crippen LogP contribution < -0.4 is 22.1 Å². The summed E-state index contributed by atoms with van der Waals surface area (Å²) in [6.07, 6.45) is -1.51. The van der Waals surface area contributed by atoms with Crippen molar-refractivity contribution in [2.45, 2.75) is 26.6 Å². The van der Waals surface area contributed by atoms with E-state index >= 15 is 0 Å². The van der Waals surface area contributed by atoms with E-state index in [2.05, 4.69) is 15.6 Å². The number of benzene rings is 1. The van der Waals surface area contributed by atoms with Gasteiger partial charge >= 0.3 is 6.18 Å². The molecule has 12 heteroatoms. The van der Waals surface area contributed by atoms with E-state index in [-0.39, 0.29) is 29.2 Å². The van der Waals surface area contributed by atoms with Crippen LogP contribution in [-0.4, -0.2) is 55.7 Å². The summed E-state index contributed by atoms with van der Waals surface area (Å²) < 4.78 is 51.6. The first-order valence-corrected chi connectivity index (χ1v) is 12.1. The maximum absolute atomic E-state index is 13.6. The van der Waals surface area contributed by atoms with Gasteiger partial charge in [-0.25, -0.2) is 0 Å². The molecule has 1 saturated heterocycles. The van der Waals surface area contributed by atoms with Gasteiger partial charge < -0.3 is 36.5 Å². The number of morpholine rings is 1. The second-order valence-electron chi connectivity index (χ2n) is 8.59. The van der Waals surface area contributed by atoms with Gasteiger partial charge in [-0.15, -0.1) is 0 Å². The number of anilines is 1. The Kier molecular flexibility index (Phi) is 9.59. The number of allylic oxidation sites excluding steroid dienone is 1. The molecule has 1 amide bonds. The lowest BCUT2D eigenvalue weighted by Gasteiger charge is -2.30. The van der Waals surface area contributed by atoms with Crippen molar-refractivity contribution in [1.29, 1.82) is 0 Å². The number of alkyl halides is 3. The molecular formula is C26H33F3N6O3. The minimum absolute atomic E-state index is 0.0162. The van der Waals surface area contributed by atoms with Crippen LogP contribution in [0, 0.1) is 6.92 Å². The fraction of sp³-hybridized carbons (Fsp3) is 0.385. The number of aromatic nitrogens is 1. The van der Waals surface area contributed by atoms with Crippen molar-refractivity contribution in [2.24, 2.45) is 11.5 Å². The van der Waals surface area contributed by atoms with E-state index in [9.17, 15) is 18.0 Å². The van der Waals surface area contributed by atoms with Gasteiger partial charge in [0.15, 0.2) is 0 Å². The Morgan fingerprint density at radius 1 is 1.24 bits per heavy atom. The smallest absolute Gasteiger partial charge is 0.416 e. The molecule has 1 fully saturated rings. The standard InChI is InChI=1S/C26H33F3N6O3/c1-4-38-24(31)23(35-7-9-37-10-8-35)13-22(30)20-12-19(15-33-16(20)2)34-25(36)17-5-6-18(14-32-3)21(11-17)26(27,28)29/h5-6,11-13,15,32H,4,7-10,14,30-31H2,1-3H3,(H,34,36)/b22-13-,24-23-. The van der Waals surface area contributed by atoms with E-state index in [0.717, 1.165) is 6.07 Å². The Labute approximate surface area is 219 Å². The zero-order valence-electron chi connectivity index (χ0n) is 21.6. The molecule has 2 heterocycles. The quantitative estimate of drug-likeness (QED) is 0.285. The van der Waals surface area contributed by atoms with E-state index in [0.29, 0.717) is 55.6 Å². The van der Waals surface area contributed by atoms with Crippen LogP contribution in [0.25, 0.3) is 5.70 Å². The molecule has 1 aliphatic heterocycles. The molecule has 0 saturated carbocycles. The number of nitrogens with two attached hydrogens (primary N) is 2. The van der Waals surface area contributed by atoms with Gasteiger partial charge in [0.25, 0.3) is 5.91 Å². The summed E-state index contributed by atoms with van der Waals surface area (Å²) in [5.41, 5.74) is 14.0. The number of rotatable bonds is 9. The third-order valence-electron chi connectivity index (χ3n) is 5.90. The predicted octanol–water partition coefficient (Wildman–Crippen LogP) is 3.18. The molecule has 1 aromatic carbocycles. The van der Waals surface area contributed by atoms with Crippen LogP contribution in [0.2, 0.25) is 0 Å². The number of nitrogens with one attached hydrogen (secondary N) is 2. The van der Waals surface area contributed by atoms with Crippen molar-refractivity contribution in [3.05, 3.63) is 76.1 Å². The molecule has 0 atom stereocenters. The Bertz CT molecular complexity index is 1210. The summed E-state index contributed by atoms with van der Waals surface area (Å²) in [5, 5.41) is 5.32. The zero-order valence-corrected chi connectivity index (χ0v) is 21.6. The number of carbonyl (C=O) groups excluding carboxylic acids is 1. The number of hydrogen-bond donors (Lipinski definition) is 4. The van der Waals surface area contributed by atoms with Gasteiger partial charge in [0.1, 0.15) is 0 Å². The monoisotopic (exact) mass is 534 g/mol. The van der Waals surface area contributed by atoms with Crippen LogP contribution in [0.1, 0.15) is 39.7 Å². The van der Waals surface area contributed by atoms with Crippen LogP contribution >= 0.6 is 0 Å². The number of pyridine rings is 1. The Hall–Kier alpha value is -3.77. The van der Waals surface area contributed by atoms with E-state index < -0.39 is 17.6 Å². The van der Waals surface area contributed by atoms with Crippen LogP contribution in [0.5, 0.6) is 0 Å². The van der Waals surface area contributed by atoms with E-state index in [1.165, 1.54) is 18.3 Å². The molecule has 38 heavy (non-hydrogen) atoms. The number of ether oxygens (including phenoxy) is 2. The summed E-state index contributed by atoms with van der Waals surface area (Å²) in [5.74, 6) is -0.491. The molecule has 1 aromatic heterocycles. The molecule has 206 valence electrons. The Morgan fingerprint density at radius 2 is 1.95 bits per heavy atom. The third kappa shape index (κ3) is 7.17. The normalized spacial score (nSPS) is 15.2. The first kappa shape index (κ1) is 28.8. The largest absolute Gasteiger partial charge is 0.478 e. The lowest BCUT2D eigenvalue weighted by Crippen LogP contribution is -2.37. The third-order valence-corrected chi connectivity index (χ3v) is 5.90. The predicted molar refractivity (Wildman–Crippen MR) is 139 cm³/mol. The second kappa shape index (κ2) is 12.7. The minimum atomic E-state index is -4.60. The second-order valence-corrected chi connectivity index (χ2v) is 8.59. The highest BCUT2D eigenvalue weighted by Crippen LogP contribution is 2.33. The molecule has 0 radical (unpaired) electrons. The van der Waals surface area contributed by atoms with Gasteiger partial charge in [-0.1, -0.05) is 6.07 Å². The van der Waals surface area contributed by atoms with Crippen molar-refractivity contribution in [3.8, 4) is 0 Å². The molecule has 0 bridgehead atoms. The highest BCUT2D eigenvalue weighted by Gasteiger charge is 2.34. The van der Waals surface area contributed by atoms with Crippen molar-refractivity contribution in [3.63, 3.8) is 0 Å². The number of halogens is 3. The molecule has 0 aliphatic carbocycles. The molecule has 0 spiro atoms. The molecule has 6 N–H and O–H groups in total. The molecule has 1 aliphatic rings. The SMILES string of the molecule is CCO/C(N)=C(/C=C(\N)c1cc(NC(=O)c2ccc(CNC)c(C(F)(F)F)c2)cnc1C)N1CCOCC1. The van der Waals surface area contributed by atoms with Gasteiger partial charge in [0, 0.05) is 42.2 Å². The summed E-state index contributed by atoms with van der Waals surface area (Å²) >= 11 is 0. The fourth-order valence-electron chi connectivity index (χ4n) is 4.00. The fourth-order valence-corrected chi connectivity index (χ4v) is 4.00. The topological polar surface area (TPSA) is 128 Å². The van der Waals surface area contributed by atoms with Gasteiger partial charge in [-0.05, 0) is 50.7 Å². The van der Waals surface area contributed by atoms with E-state index in [1.54, 1.807) is 26.1 Å². The Balaban J connectivity index is 1.90. The molecule has 3 rings (SSSR count). The van der Waals surface area contributed by atoms with Crippen LogP contribution in [0.3, 0.4) is 0 Å². The average Bonchev–Trinajstić information content (AvgIpc) is 2.88. The first-order valence-electron chi connectivity index (χ1n) is 12.1. The summed E-state index contributed by atoms with van der Waals surface area (Å²) in [7, 11) is 1.55. The number of amides is 1. The number of carbonyl (C=O) groups is 1. The summed E-state index contributed by atoms with van der Waals surface area (Å²) in [6, 6.07) is 5.09. The van der Waals surface area contributed by atoms with Crippen molar-refractivity contribution >= 4 is 17.3 Å². The lowest BCUT2D eigenvalue weighted by atomic mass is 10.0. The highest BCUT2D eigenvalue weighted by molar-refractivity contribution is 6.04. The van der Waals surface area contributed by atoms with Gasteiger partial charge in [-0.3, -0.25) is 9.78 Å². The van der Waals surface area contributed by atoms with Crippen LogP contribution in [0.4, 0.5) is 18.9 Å². The van der Waals surface area contributed by atoms with E-state index in [1.807, 2.05) is 11.8 Å². The molecule has 9 nitrogen and oxygen atoms in total. The maximum Gasteiger partial charge on any atom is 0.416 e. The highest BCUT2D eigenvalue weighted by atomic mass is 19.4. The van der Waals surface area contributed by atoms with Gasteiger partial charge in [-0.2, -0.15) is 13.2 Å². The van der Waals surface area contributed by atoms with Crippen molar-refractivity contribution < 1.29 is 27.4 Å². The molecular weight excluding hydrogens is 501 g/mol. The lowest BCUT2D eigenvalue weighted by molar-refractivity contribution is -0.138. The van der Waals surface area contributed by atoms with E-state index in [4.69, 9.17) is 20.9 Å².